The van der Waals surface area contributed by atoms with E-state index in [9.17, 15) is 5.11 Å². The van der Waals surface area contributed by atoms with Crippen molar-refractivity contribution in [3.8, 4) is 16.9 Å². The van der Waals surface area contributed by atoms with Crippen LogP contribution in [0.1, 0.15) is 11.1 Å². The summed E-state index contributed by atoms with van der Waals surface area (Å²) in [6.07, 6.45) is 3.52. The molecule has 0 aliphatic rings. The molecule has 1 heteroatoms. The lowest BCUT2D eigenvalue weighted by atomic mass is 9.94. The molecule has 84 valence electrons. The molecule has 0 spiro atoms. The number of rotatable bonds is 3. The minimum absolute atomic E-state index is 0.261. The number of aromatic hydroxyl groups is 1. The summed E-state index contributed by atoms with van der Waals surface area (Å²) in [5.74, 6) is 0.261. The van der Waals surface area contributed by atoms with E-state index in [1.54, 1.807) is 18.2 Å². The van der Waals surface area contributed by atoms with Crippen molar-refractivity contribution in [1.29, 1.82) is 0 Å². The third-order valence-corrected chi connectivity index (χ3v) is 2.74. The van der Waals surface area contributed by atoms with Crippen molar-refractivity contribution in [1.82, 2.24) is 0 Å². The second-order valence-corrected chi connectivity index (χ2v) is 3.74. The van der Waals surface area contributed by atoms with Crippen LogP contribution in [0.4, 0.5) is 0 Å². The fourth-order valence-electron chi connectivity index (χ4n) is 1.93. The van der Waals surface area contributed by atoms with Crippen LogP contribution < -0.4 is 0 Å². The Labute approximate surface area is 101 Å². The summed E-state index contributed by atoms with van der Waals surface area (Å²) in [5.41, 5.74) is 3.66. The van der Waals surface area contributed by atoms with Crippen LogP contribution in [0.5, 0.6) is 5.75 Å². The van der Waals surface area contributed by atoms with Gasteiger partial charge in [-0.1, -0.05) is 61.7 Å². The van der Waals surface area contributed by atoms with Crippen LogP contribution in [0.15, 0.2) is 55.6 Å². The van der Waals surface area contributed by atoms with Gasteiger partial charge in [-0.2, -0.15) is 0 Å². The molecular weight excluding hydrogens is 208 g/mol. The molecule has 0 unspecified atom stereocenters. The number of phenolic OH excluding ortho intramolecular Hbond substituents is 1. The number of hydrogen-bond acceptors (Lipinski definition) is 1. The summed E-state index contributed by atoms with van der Waals surface area (Å²) in [4.78, 5) is 0. The molecule has 0 atom stereocenters. The molecule has 17 heavy (non-hydrogen) atoms. The highest BCUT2D eigenvalue weighted by atomic mass is 16.3. The van der Waals surface area contributed by atoms with E-state index in [1.807, 2.05) is 36.4 Å². The van der Waals surface area contributed by atoms with Crippen LogP contribution >= 0.6 is 0 Å². The van der Waals surface area contributed by atoms with Gasteiger partial charge in [0.05, 0.1) is 0 Å². The van der Waals surface area contributed by atoms with E-state index in [0.717, 1.165) is 22.3 Å². The summed E-state index contributed by atoms with van der Waals surface area (Å²) in [5, 5.41) is 10.0. The molecule has 0 heterocycles. The first-order chi connectivity index (χ1) is 8.27. The fourth-order valence-corrected chi connectivity index (χ4v) is 1.93. The zero-order valence-corrected chi connectivity index (χ0v) is 9.56. The van der Waals surface area contributed by atoms with Crippen molar-refractivity contribution >= 4 is 12.2 Å². The maximum absolute atomic E-state index is 10.0. The van der Waals surface area contributed by atoms with Gasteiger partial charge in [-0.15, -0.1) is 0 Å². The Morgan fingerprint density at radius 2 is 1.59 bits per heavy atom. The average Bonchev–Trinajstić information content (AvgIpc) is 2.39. The summed E-state index contributed by atoms with van der Waals surface area (Å²) in [7, 11) is 0. The summed E-state index contributed by atoms with van der Waals surface area (Å²) < 4.78 is 0. The first kappa shape index (κ1) is 11.2. The molecule has 2 aromatic rings. The molecule has 0 aromatic heterocycles. The van der Waals surface area contributed by atoms with Gasteiger partial charge < -0.3 is 5.11 Å². The Hall–Kier alpha value is -2.28. The summed E-state index contributed by atoms with van der Waals surface area (Å²) >= 11 is 0. The van der Waals surface area contributed by atoms with E-state index in [2.05, 4.69) is 13.2 Å². The van der Waals surface area contributed by atoms with E-state index in [-0.39, 0.29) is 5.75 Å². The Bertz CT molecular complexity index is 553. The molecule has 0 fully saturated rings. The molecule has 1 nitrogen and oxygen atoms in total. The summed E-state index contributed by atoms with van der Waals surface area (Å²) in [6, 6.07) is 13.3. The quantitative estimate of drug-likeness (QED) is 0.818. The molecule has 0 aliphatic carbocycles. The highest BCUT2D eigenvalue weighted by molar-refractivity contribution is 5.84. The second kappa shape index (κ2) is 4.71. The molecule has 2 aromatic carbocycles. The minimum atomic E-state index is 0.261. The van der Waals surface area contributed by atoms with Gasteiger partial charge in [0.2, 0.25) is 0 Å². The largest absolute Gasteiger partial charge is 0.507 e. The van der Waals surface area contributed by atoms with Crippen molar-refractivity contribution in [2.75, 3.05) is 0 Å². The van der Waals surface area contributed by atoms with Gasteiger partial charge in [0.15, 0.2) is 0 Å². The number of hydrogen-bond donors (Lipinski definition) is 1. The van der Waals surface area contributed by atoms with Gasteiger partial charge in [0.25, 0.3) is 0 Å². The average molecular weight is 222 g/mol. The monoisotopic (exact) mass is 222 g/mol. The van der Waals surface area contributed by atoms with Gasteiger partial charge in [0.1, 0.15) is 5.75 Å². The maximum atomic E-state index is 10.0. The van der Waals surface area contributed by atoms with Crippen molar-refractivity contribution in [2.45, 2.75) is 0 Å². The van der Waals surface area contributed by atoms with E-state index >= 15 is 0 Å². The Balaban J connectivity index is 2.76. The molecule has 0 bridgehead atoms. The lowest BCUT2D eigenvalue weighted by Crippen LogP contribution is -1.88. The zero-order valence-electron chi connectivity index (χ0n) is 9.56. The Morgan fingerprint density at radius 1 is 0.882 bits per heavy atom. The molecule has 2 rings (SSSR count). The van der Waals surface area contributed by atoms with Crippen molar-refractivity contribution in [3.63, 3.8) is 0 Å². The Kier molecular flexibility index (Phi) is 3.10. The lowest BCUT2D eigenvalue weighted by molar-refractivity contribution is 0.477. The highest BCUT2D eigenvalue weighted by Crippen LogP contribution is 2.35. The van der Waals surface area contributed by atoms with Gasteiger partial charge in [-0.05, 0) is 22.8 Å². The van der Waals surface area contributed by atoms with Crippen molar-refractivity contribution in [3.05, 3.63) is 66.7 Å². The van der Waals surface area contributed by atoms with E-state index in [0.29, 0.717) is 0 Å². The first-order valence-electron chi connectivity index (χ1n) is 5.44. The number of benzene rings is 2. The molecule has 0 amide bonds. The second-order valence-electron chi connectivity index (χ2n) is 3.74. The Morgan fingerprint density at radius 3 is 2.18 bits per heavy atom. The predicted octanol–water partition coefficient (Wildman–Crippen LogP) is 4.35. The summed E-state index contributed by atoms with van der Waals surface area (Å²) in [6.45, 7) is 7.58. The van der Waals surface area contributed by atoms with Gasteiger partial charge in [-0.3, -0.25) is 0 Å². The van der Waals surface area contributed by atoms with Crippen LogP contribution in [0.25, 0.3) is 23.3 Å². The van der Waals surface area contributed by atoms with E-state index in [1.165, 1.54) is 0 Å². The third-order valence-electron chi connectivity index (χ3n) is 2.74. The molecule has 0 saturated carbocycles. The van der Waals surface area contributed by atoms with Crippen LogP contribution in [-0.2, 0) is 0 Å². The molecule has 1 N–H and O–H groups in total. The molecular formula is C16H14O. The van der Waals surface area contributed by atoms with E-state index < -0.39 is 0 Å². The van der Waals surface area contributed by atoms with Crippen molar-refractivity contribution < 1.29 is 5.11 Å². The van der Waals surface area contributed by atoms with Crippen molar-refractivity contribution in [2.24, 2.45) is 0 Å². The maximum Gasteiger partial charge on any atom is 0.124 e. The lowest BCUT2D eigenvalue weighted by Gasteiger charge is -2.11. The van der Waals surface area contributed by atoms with Gasteiger partial charge in [0, 0.05) is 5.56 Å². The number of phenols is 1. The topological polar surface area (TPSA) is 20.2 Å². The smallest absolute Gasteiger partial charge is 0.124 e. The standard InChI is InChI=1S/C16H14O/c1-3-12-10-11-15(17)16(14(12)4-2)13-8-6-5-7-9-13/h3-11,17H,1-2H2. The molecule has 0 radical (unpaired) electrons. The zero-order chi connectivity index (χ0) is 12.3. The first-order valence-corrected chi connectivity index (χ1v) is 5.44. The van der Waals surface area contributed by atoms with Crippen LogP contribution in [0, 0.1) is 0 Å². The molecule has 0 saturated heterocycles. The molecule has 0 aliphatic heterocycles. The van der Waals surface area contributed by atoms with Crippen LogP contribution in [0.3, 0.4) is 0 Å². The third kappa shape index (κ3) is 2.00. The van der Waals surface area contributed by atoms with Crippen LogP contribution in [0.2, 0.25) is 0 Å². The fraction of sp³-hybridized carbons (Fsp3) is 0. The van der Waals surface area contributed by atoms with E-state index in [4.69, 9.17) is 0 Å². The highest BCUT2D eigenvalue weighted by Gasteiger charge is 2.10. The minimum Gasteiger partial charge on any atom is -0.507 e. The van der Waals surface area contributed by atoms with Gasteiger partial charge >= 0.3 is 0 Å². The van der Waals surface area contributed by atoms with Crippen LogP contribution in [-0.4, -0.2) is 5.11 Å². The van der Waals surface area contributed by atoms with Gasteiger partial charge in [-0.25, -0.2) is 0 Å². The SMILES string of the molecule is C=Cc1ccc(O)c(-c2ccccc2)c1C=C. The predicted molar refractivity (Wildman–Crippen MR) is 73.7 cm³/mol. The normalized spacial score (nSPS) is 9.88.